The average Bonchev–Trinajstić information content (AvgIpc) is 2.78. The second-order valence-electron chi connectivity index (χ2n) is 4.48. The topological polar surface area (TPSA) is 61.4 Å². The summed E-state index contributed by atoms with van der Waals surface area (Å²) in [6.07, 6.45) is 0.780. The lowest BCUT2D eigenvalue weighted by atomic mass is 10.1. The van der Waals surface area contributed by atoms with Crippen molar-refractivity contribution in [3.05, 3.63) is 34.9 Å². The molecule has 0 bridgehead atoms. The van der Waals surface area contributed by atoms with Crippen LogP contribution in [0.5, 0.6) is 0 Å². The molecule has 3 N–H and O–H groups in total. The van der Waals surface area contributed by atoms with Crippen LogP contribution in [-0.4, -0.2) is 36.2 Å². The van der Waals surface area contributed by atoms with Crippen LogP contribution in [0, 0.1) is 0 Å². The minimum atomic E-state index is -0.413. The number of aliphatic hydroxyl groups is 1. The number of carbonyl (C=O) groups is 1. The van der Waals surface area contributed by atoms with Crippen molar-refractivity contribution in [1.82, 2.24) is 10.6 Å². The molecule has 1 aliphatic heterocycles. The van der Waals surface area contributed by atoms with Gasteiger partial charge in [0, 0.05) is 18.1 Å². The van der Waals surface area contributed by atoms with Crippen LogP contribution in [0.2, 0.25) is 5.02 Å². The van der Waals surface area contributed by atoms with Crippen molar-refractivity contribution in [2.75, 3.05) is 13.1 Å². The third-order valence-corrected chi connectivity index (χ3v) is 3.44. The van der Waals surface area contributed by atoms with Crippen molar-refractivity contribution in [2.45, 2.75) is 25.0 Å². The molecule has 6 heteroatoms. The Hall–Kier alpha value is -0.810. The number of hydrogen-bond donors (Lipinski definition) is 3. The van der Waals surface area contributed by atoms with Gasteiger partial charge in [-0.1, -0.05) is 29.8 Å². The Morgan fingerprint density at radius 3 is 2.84 bits per heavy atom. The average molecular weight is 305 g/mol. The molecule has 0 spiro atoms. The molecule has 2 unspecified atom stereocenters. The van der Waals surface area contributed by atoms with Crippen LogP contribution in [0.3, 0.4) is 0 Å². The van der Waals surface area contributed by atoms with Crippen molar-refractivity contribution in [1.29, 1.82) is 0 Å². The van der Waals surface area contributed by atoms with E-state index in [1.807, 2.05) is 24.3 Å². The molecule has 0 saturated carbocycles. The SMILES string of the molecule is Cl.O=C(NCCc1ccccc1Cl)C1CC(O)CN1. The summed E-state index contributed by atoms with van der Waals surface area (Å²) < 4.78 is 0. The number of hydrogen-bond acceptors (Lipinski definition) is 3. The molecule has 4 nitrogen and oxygen atoms in total. The van der Waals surface area contributed by atoms with E-state index in [2.05, 4.69) is 10.6 Å². The van der Waals surface area contributed by atoms with E-state index in [1.165, 1.54) is 0 Å². The highest BCUT2D eigenvalue weighted by Crippen LogP contribution is 2.14. The van der Waals surface area contributed by atoms with Crippen molar-refractivity contribution in [3.8, 4) is 0 Å². The fourth-order valence-corrected chi connectivity index (χ4v) is 2.29. The number of nitrogens with one attached hydrogen (secondary N) is 2. The molecule has 2 atom stereocenters. The predicted molar refractivity (Wildman–Crippen MR) is 77.8 cm³/mol. The summed E-state index contributed by atoms with van der Waals surface area (Å²) in [5.74, 6) is -0.0568. The van der Waals surface area contributed by atoms with Gasteiger partial charge >= 0.3 is 0 Å². The number of amides is 1. The minimum absolute atomic E-state index is 0. The van der Waals surface area contributed by atoms with Gasteiger partial charge in [-0.2, -0.15) is 0 Å². The van der Waals surface area contributed by atoms with Gasteiger partial charge in [-0.25, -0.2) is 0 Å². The molecule has 1 saturated heterocycles. The zero-order chi connectivity index (χ0) is 13.0. The van der Waals surface area contributed by atoms with Crippen LogP contribution < -0.4 is 10.6 Å². The Balaban J connectivity index is 0.00000180. The molecule has 1 aromatic rings. The molecule has 1 aliphatic rings. The molecule has 2 rings (SSSR count). The Bertz CT molecular complexity index is 429. The van der Waals surface area contributed by atoms with Gasteiger partial charge in [0.25, 0.3) is 0 Å². The number of benzene rings is 1. The number of aliphatic hydroxyl groups excluding tert-OH is 1. The Morgan fingerprint density at radius 1 is 1.47 bits per heavy atom. The van der Waals surface area contributed by atoms with Crippen LogP contribution in [0.1, 0.15) is 12.0 Å². The van der Waals surface area contributed by atoms with Crippen LogP contribution >= 0.6 is 24.0 Å². The van der Waals surface area contributed by atoms with Crippen molar-refractivity contribution in [3.63, 3.8) is 0 Å². The third kappa shape index (κ3) is 4.66. The highest BCUT2D eigenvalue weighted by molar-refractivity contribution is 6.31. The van der Waals surface area contributed by atoms with E-state index in [9.17, 15) is 9.90 Å². The molecule has 1 amide bonds. The molecule has 0 radical (unpaired) electrons. The molecule has 1 aromatic carbocycles. The third-order valence-electron chi connectivity index (χ3n) is 3.08. The largest absolute Gasteiger partial charge is 0.392 e. The zero-order valence-corrected chi connectivity index (χ0v) is 12.0. The van der Waals surface area contributed by atoms with E-state index >= 15 is 0 Å². The van der Waals surface area contributed by atoms with E-state index < -0.39 is 6.10 Å². The Morgan fingerprint density at radius 2 is 2.21 bits per heavy atom. The van der Waals surface area contributed by atoms with Gasteiger partial charge in [-0.15, -0.1) is 12.4 Å². The molecule has 0 aromatic heterocycles. The number of halogens is 2. The summed E-state index contributed by atoms with van der Waals surface area (Å²) in [4.78, 5) is 11.7. The molecule has 1 heterocycles. The van der Waals surface area contributed by atoms with Crippen molar-refractivity contribution in [2.24, 2.45) is 0 Å². The van der Waals surface area contributed by atoms with E-state index in [-0.39, 0.29) is 24.4 Å². The maximum Gasteiger partial charge on any atom is 0.237 e. The normalized spacial score (nSPS) is 21.8. The summed E-state index contributed by atoms with van der Waals surface area (Å²) in [7, 11) is 0. The first-order valence-corrected chi connectivity index (χ1v) is 6.47. The first-order chi connectivity index (χ1) is 8.66. The van der Waals surface area contributed by atoms with Crippen molar-refractivity contribution < 1.29 is 9.90 Å². The van der Waals surface area contributed by atoms with E-state index in [0.717, 1.165) is 10.6 Å². The Kier molecular flexibility index (Phi) is 6.58. The van der Waals surface area contributed by atoms with Gasteiger partial charge < -0.3 is 15.7 Å². The monoisotopic (exact) mass is 304 g/mol. The predicted octanol–water partition coefficient (Wildman–Crippen LogP) is 1.14. The fourth-order valence-electron chi connectivity index (χ4n) is 2.06. The zero-order valence-electron chi connectivity index (χ0n) is 10.4. The molecule has 106 valence electrons. The molecular formula is C13H18Cl2N2O2. The molecular weight excluding hydrogens is 287 g/mol. The van der Waals surface area contributed by atoms with Crippen molar-refractivity contribution >= 4 is 29.9 Å². The number of rotatable bonds is 4. The first-order valence-electron chi connectivity index (χ1n) is 6.09. The lowest BCUT2D eigenvalue weighted by Gasteiger charge is -2.11. The van der Waals surface area contributed by atoms with Gasteiger partial charge in [0.2, 0.25) is 5.91 Å². The van der Waals surface area contributed by atoms with Crippen LogP contribution in [0.4, 0.5) is 0 Å². The van der Waals surface area contributed by atoms with E-state index in [0.29, 0.717) is 25.9 Å². The number of carbonyl (C=O) groups excluding carboxylic acids is 1. The molecule has 19 heavy (non-hydrogen) atoms. The van der Waals surface area contributed by atoms with E-state index in [4.69, 9.17) is 11.6 Å². The summed E-state index contributed by atoms with van der Waals surface area (Å²) in [5.41, 5.74) is 1.03. The van der Waals surface area contributed by atoms with Crippen LogP contribution in [-0.2, 0) is 11.2 Å². The minimum Gasteiger partial charge on any atom is -0.392 e. The second kappa shape index (κ2) is 7.70. The van der Waals surface area contributed by atoms with Crippen LogP contribution in [0.15, 0.2) is 24.3 Å². The maximum absolute atomic E-state index is 11.7. The summed E-state index contributed by atoms with van der Waals surface area (Å²) in [6, 6.07) is 7.33. The Labute approximate surface area is 123 Å². The van der Waals surface area contributed by atoms with Gasteiger partial charge in [0.15, 0.2) is 0 Å². The summed E-state index contributed by atoms with van der Waals surface area (Å²) >= 11 is 6.03. The number of β-amino-alcohol motifs (C(OH)–C–C–N with tert-alkyl or cyclic N) is 1. The lowest BCUT2D eigenvalue weighted by molar-refractivity contribution is -0.122. The second-order valence-corrected chi connectivity index (χ2v) is 4.89. The highest BCUT2D eigenvalue weighted by atomic mass is 35.5. The standard InChI is InChI=1S/C13H17ClN2O2.ClH/c14-11-4-2-1-3-9(11)5-6-15-13(18)12-7-10(17)8-16-12;/h1-4,10,12,16-17H,5-8H2,(H,15,18);1H. The molecule has 0 aliphatic carbocycles. The van der Waals surface area contributed by atoms with Crippen LogP contribution in [0.25, 0.3) is 0 Å². The van der Waals surface area contributed by atoms with Gasteiger partial charge in [-0.05, 0) is 24.5 Å². The van der Waals surface area contributed by atoms with Gasteiger partial charge in [-0.3, -0.25) is 4.79 Å². The summed E-state index contributed by atoms with van der Waals surface area (Å²) in [5, 5.41) is 15.9. The van der Waals surface area contributed by atoms with E-state index in [1.54, 1.807) is 0 Å². The quantitative estimate of drug-likeness (QED) is 0.782. The lowest BCUT2D eigenvalue weighted by Crippen LogP contribution is -2.41. The molecule has 1 fully saturated rings. The smallest absolute Gasteiger partial charge is 0.237 e. The van der Waals surface area contributed by atoms with Gasteiger partial charge in [0.05, 0.1) is 12.1 Å². The maximum atomic E-state index is 11.7. The first kappa shape index (κ1) is 16.2. The summed E-state index contributed by atoms with van der Waals surface area (Å²) in [6.45, 7) is 1.04. The highest BCUT2D eigenvalue weighted by Gasteiger charge is 2.27. The van der Waals surface area contributed by atoms with Gasteiger partial charge in [0.1, 0.15) is 0 Å². The fraction of sp³-hybridized carbons (Fsp3) is 0.462.